The lowest BCUT2D eigenvalue weighted by Crippen LogP contribution is -2.00. The number of aryl methyl sites for hydroxylation is 1. The first-order valence-electron chi connectivity index (χ1n) is 8.07. The van der Waals surface area contributed by atoms with E-state index in [1.165, 1.54) is 11.3 Å². The molecular formula is C19H18N2O5S. The van der Waals surface area contributed by atoms with Crippen LogP contribution in [0.2, 0.25) is 0 Å². The molecule has 0 aliphatic heterocycles. The van der Waals surface area contributed by atoms with Gasteiger partial charge in [0.15, 0.2) is 17.2 Å². The van der Waals surface area contributed by atoms with Crippen molar-refractivity contribution < 1.29 is 19.1 Å². The third-order valence-corrected chi connectivity index (χ3v) is 4.88. The van der Waals surface area contributed by atoms with Crippen molar-refractivity contribution in [3.63, 3.8) is 0 Å². The van der Waals surface area contributed by atoms with E-state index in [4.69, 9.17) is 14.2 Å². The Morgan fingerprint density at radius 3 is 2.59 bits per heavy atom. The van der Waals surface area contributed by atoms with Gasteiger partial charge in [0.05, 0.1) is 24.8 Å². The zero-order chi connectivity index (χ0) is 19.4. The Kier molecular flexibility index (Phi) is 5.56. The number of nitro benzene ring substituents is 1. The molecule has 0 saturated heterocycles. The van der Waals surface area contributed by atoms with E-state index < -0.39 is 4.92 Å². The van der Waals surface area contributed by atoms with Gasteiger partial charge in [-0.25, -0.2) is 4.98 Å². The first-order chi connectivity index (χ1) is 13.0. The summed E-state index contributed by atoms with van der Waals surface area (Å²) < 4.78 is 16.2. The molecule has 27 heavy (non-hydrogen) atoms. The summed E-state index contributed by atoms with van der Waals surface area (Å²) in [6, 6.07) is 10.6. The van der Waals surface area contributed by atoms with Gasteiger partial charge in [-0.3, -0.25) is 10.1 Å². The van der Waals surface area contributed by atoms with E-state index in [1.54, 1.807) is 39.3 Å². The predicted octanol–water partition coefficient (Wildman–Crippen LogP) is 4.62. The van der Waals surface area contributed by atoms with Crippen molar-refractivity contribution in [3.8, 4) is 27.8 Å². The van der Waals surface area contributed by atoms with Crippen LogP contribution >= 0.6 is 11.3 Å². The van der Waals surface area contributed by atoms with Gasteiger partial charge in [-0.1, -0.05) is 12.1 Å². The third kappa shape index (κ3) is 4.01. The Morgan fingerprint density at radius 1 is 1.11 bits per heavy atom. The molecule has 2 aromatic carbocycles. The number of aromatic nitrogens is 1. The maximum absolute atomic E-state index is 11.2. The number of nitrogens with zero attached hydrogens (tertiary/aromatic N) is 2. The Labute approximate surface area is 160 Å². The Hall–Kier alpha value is -3.13. The van der Waals surface area contributed by atoms with Crippen LogP contribution in [0.4, 0.5) is 5.69 Å². The molecule has 0 spiro atoms. The fourth-order valence-corrected chi connectivity index (χ4v) is 3.41. The van der Waals surface area contributed by atoms with Gasteiger partial charge >= 0.3 is 5.69 Å². The predicted molar refractivity (Wildman–Crippen MR) is 103 cm³/mol. The topological polar surface area (TPSA) is 83.7 Å². The fraction of sp³-hybridized carbons (Fsp3) is 0.211. The van der Waals surface area contributed by atoms with Crippen LogP contribution in [0.25, 0.3) is 10.6 Å². The van der Waals surface area contributed by atoms with Gasteiger partial charge in [-0.2, -0.15) is 0 Å². The van der Waals surface area contributed by atoms with Gasteiger partial charge in [0.2, 0.25) is 0 Å². The van der Waals surface area contributed by atoms with E-state index in [1.807, 2.05) is 23.6 Å². The highest BCUT2D eigenvalue weighted by Gasteiger charge is 2.18. The van der Waals surface area contributed by atoms with Crippen molar-refractivity contribution >= 4 is 17.0 Å². The average Bonchev–Trinajstić information content (AvgIpc) is 3.14. The first-order valence-corrected chi connectivity index (χ1v) is 8.95. The maximum atomic E-state index is 11.2. The zero-order valence-electron chi connectivity index (χ0n) is 15.1. The highest BCUT2D eigenvalue weighted by molar-refractivity contribution is 7.13. The molecule has 0 unspecified atom stereocenters. The number of nitro groups is 1. The van der Waals surface area contributed by atoms with E-state index in [2.05, 4.69) is 4.98 Å². The lowest BCUT2D eigenvalue weighted by atomic mass is 10.2. The molecule has 0 amide bonds. The number of hydrogen-bond donors (Lipinski definition) is 0. The van der Waals surface area contributed by atoms with Crippen LogP contribution in [0, 0.1) is 17.0 Å². The largest absolute Gasteiger partial charge is 0.493 e. The van der Waals surface area contributed by atoms with Crippen molar-refractivity contribution in [3.05, 3.63) is 63.1 Å². The van der Waals surface area contributed by atoms with Crippen LogP contribution in [0.3, 0.4) is 0 Å². The molecule has 7 nitrogen and oxygen atoms in total. The standard InChI is InChI=1S/C19H18N2O5S/c1-12-5-4-6-16(18(12)21(22)23)26-10-14-11-27-19(20-14)13-7-8-15(24-2)17(9-13)25-3/h4-9,11H,10H2,1-3H3. The van der Waals surface area contributed by atoms with Crippen LogP contribution in [-0.2, 0) is 6.61 Å². The van der Waals surface area contributed by atoms with Crippen LogP contribution in [0.1, 0.15) is 11.3 Å². The molecule has 0 bridgehead atoms. The van der Waals surface area contributed by atoms with Crippen molar-refractivity contribution in [1.29, 1.82) is 0 Å². The van der Waals surface area contributed by atoms with Gasteiger partial charge < -0.3 is 14.2 Å². The van der Waals surface area contributed by atoms with Crippen molar-refractivity contribution in [2.24, 2.45) is 0 Å². The second kappa shape index (κ2) is 8.05. The molecule has 0 atom stereocenters. The Morgan fingerprint density at radius 2 is 1.89 bits per heavy atom. The average molecular weight is 386 g/mol. The summed E-state index contributed by atoms with van der Waals surface area (Å²) in [4.78, 5) is 15.4. The minimum Gasteiger partial charge on any atom is -0.493 e. The summed E-state index contributed by atoms with van der Waals surface area (Å²) in [5.41, 5.74) is 2.13. The third-order valence-electron chi connectivity index (χ3n) is 3.94. The minimum atomic E-state index is -0.430. The summed E-state index contributed by atoms with van der Waals surface area (Å²) in [6.45, 7) is 1.83. The first kappa shape index (κ1) is 18.7. The fourth-order valence-electron chi connectivity index (χ4n) is 2.61. The monoisotopic (exact) mass is 386 g/mol. The molecule has 0 saturated carbocycles. The van der Waals surface area contributed by atoms with Crippen LogP contribution in [0.15, 0.2) is 41.8 Å². The van der Waals surface area contributed by atoms with Crippen LogP contribution in [0.5, 0.6) is 17.2 Å². The van der Waals surface area contributed by atoms with E-state index in [9.17, 15) is 10.1 Å². The highest BCUT2D eigenvalue weighted by atomic mass is 32.1. The zero-order valence-corrected chi connectivity index (χ0v) is 15.9. The summed E-state index contributed by atoms with van der Waals surface area (Å²) in [7, 11) is 3.17. The van der Waals surface area contributed by atoms with E-state index in [0.717, 1.165) is 10.6 Å². The molecule has 3 rings (SSSR count). The van der Waals surface area contributed by atoms with Crippen molar-refractivity contribution in [1.82, 2.24) is 4.98 Å². The lowest BCUT2D eigenvalue weighted by Gasteiger charge is -2.08. The molecule has 1 aromatic heterocycles. The lowest BCUT2D eigenvalue weighted by molar-refractivity contribution is -0.386. The Bertz CT molecular complexity index is 970. The SMILES string of the molecule is COc1ccc(-c2nc(COc3cccc(C)c3[N+](=O)[O-])cs2)cc1OC. The molecule has 140 valence electrons. The summed E-state index contributed by atoms with van der Waals surface area (Å²) >= 11 is 1.46. The molecule has 0 fully saturated rings. The van der Waals surface area contributed by atoms with Gasteiger partial charge in [0.1, 0.15) is 11.6 Å². The quantitative estimate of drug-likeness (QED) is 0.435. The van der Waals surface area contributed by atoms with Crippen molar-refractivity contribution in [2.75, 3.05) is 14.2 Å². The number of ether oxygens (including phenoxy) is 3. The number of benzene rings is 2. The second-order valence-electron chi connectivity index (χ2n) is 5.68. The number of para-hydroxylation sites is 1. The molecule has 8 heteroatoms. The molecule has 0 aliphatic rings. The molecule has 3 aromatic rings. The minimum absolute atomic E-state index is 0.0205. The summed E-state index contributed by atoms with van der Waals surface area (Å²) in [5, 5.41) is 13.9. The van der Waals surface area contributed by atoms with Crippen molar-refractivity contribution in [2.45, 2.75) is 13.5 Å². The number of thiazole rings is 1. The molecule has 0 radical (unpaired) electrons. The molecule has 1 heterocycles. The number of hydrogen-bond acceptors (Lipinski definition) is 7. The van der Waals surface area contributed by atoms with Gasteiger partial charge in [-0.15, -0.1) is 11.3 Å². The second-order valence-corrected chi connectivity index (χ2v) is 6.54. The van der Waals surface area contributed by atoms with E-state index in [0.29, 0.717) is 22.8 Å². The number of rotatable bonds is 7. The van der Waals surface area contributed by atoms with Gasteiger partial charge in [0.25, 0.3) is 0 Å². The highest BCUT2D eigenvalue weighted by Crippen LogP contribution is 2.34. The van der Waals surface area contributed by atoms with Crippen LogP contribution in [-0.4, -0.2) is 24.1 Å². The van der Waals surface area contributed by atoms with E-state index in [-0.39, 0.29) is 18.0 Å². The van der Waals surface area contributed by atoms with Crippen LogP contribution < -0.4 is 14.2 Å². The summed E-state index contributed by atoms with van der Waals surface area (Å²) in [6.07, 6.45) is 0. The number of methoxy groups -OCH3 is 2. The van der Waals surface area contributed by atoms with Gasteiger partial charge in [-0.05, 0) is 31.2 Å². The summed E-state index contributed by atoms with van der Waals surface area (Å²) in [5.74, 6) is 1.51. The molecule has 0 N–H and O–H groups in total. The van der Waals surface area contributed by atoms with E-state index >= 15 is 0 Å². The van der Waals surface area contributed by atoms with Gasteiger partial charge in [0, 0.05) is 16.5 Å². The maximum Gasteiger partial charge on any atom is 0.313 e. The normalized spacial score (nSPS) is 10.5. The molecule has 0 aliphatic carbocycles. The molecular weight excluding hydrogens is 368 g/mol. The smallest absolute Gasteiger partial charge is 0.313 e. The Balaban J connectivity index is 1.78.